The van der Waals surface area contributed by atoms with Gasteiger partial charge in [0.05, 0.1) is 4.88 Å². The maximum atomic E-state index is 13.3. The Morgan fingerprint density at radius 1 is 1.48 bits per heavy atom. The first-order chi connectivity index (χ1) is 9.58. The Balaban J connectivity index is 0.00000161. The molecule has 1 aliphatic rings. The Labute approximate surface area is 133 Å². The monoisotopic (exact) mass is 328 g/mol. The Bertz CT molecular complexity index is 673. The molecule has 0 unspecified atom stereocenters. The molecular weight excluding hydrogens is 311 g/mol. The Morgan fingerprint density at radius 2 is 2.24 bits per heavy atom. The second-order valence-corrected chi connectivity index (χ2v) is 6.30. The maximum Gasteiger partial charge on any atom is 0.264 e. The molecule has 0 spiro atoms. The number of rotatable bonds is 1. The average molecular weight is 329 g/mol. The van der Waals surface area contributed by atoms with Gasteiger partial charge in [0.1, 0.15) is 5.82 Å². The lowest BCUT2D eigenvalue weighted by Crippen LogP contribution is -2.52. The molecule has 1 aromatic carbocycles. The number of piperazine rings is 1. The summed E-state index contributed by atoms with van der Waals surface area (Å²) in [6.07, 6.45) is 0. The average Bonchev–Trinajstić information content (AvgIpc) is 2.76. The van der Waals surface area contributed by atoms with Gasteiger partial charge in [-0.25, -0.2) is 4.39 Å². The van der Waals surface area contributed by atoms with E-state index in [1.165, 1.54) is 23.5 Å². The Morgan fingerprint density at radius 3 is 2.95 bits per heavy atom. The minimum Gasteiger partial charge on any atom is -0.333 e. The first-order valence-corrected chi connectivity index (χ1v) is 7.60. The fourth-order valence-corrected chi connectivity index (χ4v) is 3.82. The number of hydrogen-bond acceptors (Lipinski definition) is 3. The summed E-state index contributed by atoms with van der Waals surface area (Å²) < 4.78 is 14.3. The van der Waals surface area contributed by atoms with Crippen LogP contribution in [0, 0.1) is 12.7 Å². The fraction of sp³-hybridized carbons (Fsp3) is 0.400. The molecule has 1 aromatic heterocycles. The lowest BCUT2D eigenvalue weighted by Gasteiger charge is -2.33. The fourth-order valence-electron chi connectivity index (χ4n) is 2.67. The van der Waals surface area contributed by atoms with Crippen LogP contribution in [-0.4, -0.2) is 36.5 Å². The number of amides is 1. The molecule has 0 bridgehead atoms. The quantitative estimate of drug-likeness (QED) is 0.872. The van der Waals surface area contributed by atoms with Crippen molar-refractivity contribution in [2.24, 2.45) is 0 Å². The van der Waals surface area contributed by atoms with Gasteiger partial charge in [0.25, 0.3) is 5.91 Å². The number of hydrogen-bond donors (Lipinski definition) is 1. The van der Waals surface area contributed by atoms with Crippen LogP contribution in [0.2, 0.25) is 0 Å². The summed E-state index contributed by atoms with van der Waals surface area (Å²) in [4.78, 5) is 15.3. The predicted octanol–water partition coefficient (Wildman–Crippen LogP) is 3.20. The van der Waals surface area contributed by atoms with Crippen molar-refractivity contribution in [2.45, 2.75) is 19.9 Å². The molecule has 0 radical (unpaired) electrons. The molecule has 3 nitrogen and oxygen atoms in total. The zero-order valence-electron chi connectivity index (χ0n) is 12.0. The van der Waals surface area contributed by atoms with Gasteiger partial charge in [0.2, 0.25) is 0 Å². The number of nitrogens with one attached hydrogen (secondary N) is 1. The van der Waals surface area contributed by atoms with Crippen LogP contribution in [0.4, 0.5) is 4.39 Å². The maximum absolute atomic E-state index is 13.3. The van der Waals surface area contributed by atoms with Crippen molar-refractivity contribution in [2.75, 3.05) is 19.6 Å². The molecule has 1 atom stereocenters. The third-order valence-corrected chi connectivity index (χ3v) is 5.12. The lowest BCUT2D eigenvalue weighted by atomic mass is 10.1. The summed E-state index contributed by atoms with van der Waals surface area (Å²) in [6, 6.07) is 4.90. The summed E-state index contributed by atoms with van der Waals surface area (Å²) in [7, 11) is 0. The number of carbonyl (C=O) groups excluding carboxylic acids is 1. The van der Waals surface area contributed by atoms with Crippen LogP contribution in [0.5, 0.6) is 0 Å². The zero-order valence-corrected chi connectivity index (χ0v) is 13.6. The summed E-state index contributed by atoms with van der Waals surface area (Å²) in [5.41, 5.74) is 0.889. The SMILES string of the molecule is Cc1c(C(=O)N2CCNC[C@H]2C)sc2ccc(F)cc12.Cl. The summed E-state index contributed by atoms with van der Waals surface area (Å²) in [5, 5.41) is 4.13. The van der Waals surface area contributed by atoms with E-state index < -0.39 is 0 Å². The van der Waals surface area contributed by atoms with E-state index in [9.17, 15) is 9.18 Å². The van der Waals surface area contributed by atoms with Crippen LogP contribution in [0.3, 0.4) is 0 Å². The second kappa shape index (κ2) is 6.30. The normalized spacial score (nSPS) is 18.6. The number of aryl methyl sites for hydroxylation is 1. The van der Waals surface area contributed by atoms with E-state index in [-0.39, 0.29) is 30.2 Å². The number of thiophene rings is 1. The number of halogens is 2. The molecule has 1 saturated heterocycles. The summed E-state index contributed by atoms with van der Waals surface area (Å²) in [6.45, 7) is 6.33. The number of benzene rings is 1. The van der Waals surface area contributed by atoms with Gasteiger partial charge in [-0.1, -0.05) is 0 Å². The van der Waals surface area contributed by atoms with E-state index in [1.54, 1.807) is 6.07 Å². The van der Waals surface area contributed by atoms with Crippen molar-refractivity contribution in [3.8, 4) is 0 Å². The first-order valence-electron chi connectivity index (χ1n) is 6.78. The molecular formula is C15H18ClFN2OS. The molecule has 1 aliphatic heterocycles. The molecule has 0 saturated carbocycles. The lowest BCUT2D eigenvalue weighted by molar-refractivity contribution is 0.0660. The number of fused-ring (bicyclic) bond motifs is 1. The van der Waals surface area contributed by atoms with Gasteiger partial charge in [0.15, 0.2) is 0 Å². The molecule has 3 rings (SSSR count). The van der Waals surface area contributed by atoms with E-state index in [1.807, 2.05) is 18.7 Å². The van der Waals surface area contributed by atoms with Gasteiger partial charge >= 0.3 is 0 Å². The van der Waals surface area contributed by atoms with Crippen LogP contribution in [0.25, 0.3) is 10.1 Å². The van der Waals surface area contributed by atoms with Crippen LogP contribution in [0.1, 0.15) is 22.2 Å². The highest BCUT2D eigenvalue weighted by atomic mass is 35.5. The van der Waals surface area contributed by atoms with Gasteiger partial charge in [-0.15, -0.1) is 23.7 Å². The van der Waals surface area contributed by atoms with E-state index in [0.29, 0.717) is 0 Å². The highest BCUT2D eigenvalue weighted by Gasteiger charge is 2.27. The highest BCUT2D eigenvalue weighted by molar-refractivity contribution is 7.21. The van der Waals surface area contributed by atoms with E-state index >= 15 is 0 Å². The van der Waals surface area contributed by atoms with Crippen molar-refractivity contribution in [1.82, 2.24) is 10.2 Å². The molecule has 1 fully saturated rings. The van der Waals surface area contributed by atoms with Crippen molar-refractivity contribution in [3.63, 3.8) is 0 Å². The topological polar surface area (TPSA) is 32.3 Å². The van der Waals surface area contributed by atoms with Gasteiger partial charge in [-0.05, 0) is 43.0 Å². The first kappa shape index (κ1) is 16.2. The molecule has 2 heterocycles. The minimum absolute atomic E-state index is 0. The van der Waals surface area contributed by atoms with Gasteiger partial charge < -0.3 is 10.2 Å². The van der Waals surface area contributed by atoms with Crippen molar-refractivity contribution < 1.29 is 9.18 Å². The predicted molar refractivity (Wildman–Crippen MR) is 87.1 cm³/mol. The molecule has 0 aliphatic carbocycles. The molecule has 6 heteroatoms. The summed E-state index contributed by atoms with van der Waals surface area (Å²) in [5.74, 6) is -0.189. The smallest absolute Gasteiger partial charge is 0.264 e. The third-order valence-electron chi connectivity index (χ3n) is 3.85. The van der Waals surface area contributed by atoms with Crippen molar-refractivity contribution in [1.29, 1.82) is 0 Å². The van der Waals surface area contributed by atoms with E-state index in [0.717, 1.165) is 40.2 Å². The number of nitrogens with zero attached hydrogens (tertiary/aromatic N) is 1. The zero-order chi connectivity index (χ0) is 14.3. The second-order valence-electron chi connectivity index (χ2n) is 5.25. The Kier molecular flexibility index (Phi) is 4.86. The van der Waals surface area contributed by atoms with E-state index in [2.05, 4.69) is 5.32 Å². The van der Waals surface area contributed by atoms with Gasteiger partial charge in [-0.3, -0.25) is 4.79 Å². The van der Waals surface area contributed by atoms with Crippen molar-refractivity contribution >= 4 is 39.7 Å². The van der Waals surface area contributed by atoms with Crippen LogP contribution in [0.15, 0.2) is 18.2 Å². The standard InChI is InChI=1S/C15H17FN2OS.ClH/c1-9-8-17-5-6-18(9)15(19)14-10(2)12-7-11(16)3-4-13(12)20-14;/h3-4,7,9,17H,5-6,8H2,1-2H3;1H/t9-;/m1./s1. The molecule has 21 heavy (non-hydrogen) atoms. The molecule has 1 amide bonds. The number of carbonyl (C=O) groups is 1. The third kappa shape index (κ3) is 2.91. The van der Waals surface area contributed by atoms with Crippen LogP contribution < -0.4 is 5.32 Å². The molecule has 114 valence electrons. The summed E-state index contributed by atoms with van der Waals surface area (Å²) >= 11 is 1.46. The van der Waals surface area contributed by atoms with Crippen LogP contribution >= 0.6 is 23.7 Å². The molecule has 1 N–H and O–H groups in total. The van der Waals surface area contributed by atoms with E-state index in [4.69, 9.17) is 0 Å². The Hall–Kier alpha value is -1.17. The van der Waals surface area contributed by atoms with Gasteiger partial charge in [-0.2, -0.15) is 0 Å². The largest absolute Gasteiger partial charge is 0.333 e. The highest BCUT2D eigenvalue weighted by Crippen LogP contribution is 2.32. The van der Waals surface area contributed by atoms with Crippen molar-refractivity contribution in [3.05, 3.63) is 34.5 Å². The van der Waals surface area contributed by atoms with Crippen LogP contribution in [-0.2, 0) is 0 Å². The van der Waals surface area contributed by atoms with Gasteiger partial charge in [0, 0.05) is 30.4 Å². The minimum atomic E-state index is -0.257. The molecule has 2 aromatic rings.